The molecule has 108 valence electrons. The molecule has 0 aromatic rings. The first-order valence-electron chi connectivity index (χ1n) is 6.57. The highest BCUT2D eigenvalue weighted by molar-refractivity contribution is 5.86. The summed E-state index contributed by atoms with van der Waals surface area (Å²) in [6, 6.07) is -0.294. The second-order valence-electron chi connectivity index (χ2n) is 6.22. The van der Waals surface area contributed by atoms with E-state index < -0.39 is 17.7 Å². The highest BCUT2D eigenvalue weighted by atomic mass is 16.7. The van der Waals surface area contributed by atoms with Crippen molar-refractivity contribution >= 4 is 12.0 Å². The Morgan fingerprint density at radius 3 is 2.42 bits per heavy atom. The maximum atomic E-state index is 12.2. The van der Waals surface area contributed by atoms with E-state index in [1.165, 1.54) is 12.2 Å². The summed E-state index contributed by atoms with van der Waals surface area (Å²) in [4.78, 5) is 30.9. The summed E-state index contributed by atoms with van der Waals surface area (Å²) in [7, 11) is 2.99. The lowest BCUT2D eigenvalue weighted by atomic mass is 10.1. The van der Waals surface area contributed by atoms with Crippen LogP contribution in [0.2, 0.25) is 0 Å². The zero-order chi connectivity index (χ0) is 14.4. The van der Waals surface area contributed by atoms with Gasteiger partial charge in [-0.3, -0.25) is 14.5 Å². The number of nitrogens with zero attached hydrogens (tertiary/aromatic N) is 2. The van der Waals surface area contributed by atoms with Crippen LogP contribution in [-0.2, 0) is 14.4 Å². The molecule has 0 radical (unpaired) electrons. The summed E-state index contributed by atoms with van der Waals surface area (Å²) in [6.45, 7) is 5.47. The normalized spacial score (nSPS) is 28.9. The molecule has 6 heteroatoms. The third kappa shape index (κ3) is 2.83. The summed E-state index contributed by atoms with van der Waals surface area (Å²) in [5.74, 6) is 0.243. The molecule has 2 fully saturated rings. The lowest BCUT2D eigenvalue weighted by Crippen LogP contribution is -2.49. The van der Waals surface area contributed by atoms with Crippen LogP contribution in [0.25, 0.3) is 0 Å². The van der Waals surface area contributed by atoms with Gasteiger partial charge in [0.05, 0.1) is 7.11 Å². The maximum absolute atomic E-state index is 12.2. The van der Waals surface area contributed by atoms with Gasteiger partial charge in [-0.1, -0.05) is 0 Å². The molecule has 0 unspecified atom stereocenters. The molecule has 3 atom stereocenters. The van der Waals surface area contributed by atoms with Crippen molar-refractivity contribution in [3.63, 3.8) is 0 Å². The minimum atomic E-state index is -0.551. The van der Waals surface area contributed by atoms with Crippen molar-refractivity contribution < 1.29 is 19.2 Å². The predicted molar refractivity (Wildman–Crippen MR) is 68.2 cm³/mol. The van der Waals surface area contributed by atoms with Crippen molar-refractivity contribution in [1.82, 2.24) is 9.96 Å². The number of rotatable bonds is 2. The molecular weight excluding hydrogens is 248 g/mol. The van der Waals surface area contributed by atoms with E-state index in [2.05, 4.69) is 0 Å². The van der Waals surface area contributed by atoms with E-state index in [0.29, 0.717) is 12.3 Å². The van der Waals surface area contributed by atoms with Crippen molar-refractivity contribution in [3.05, 3.63) is 0 Å². The SMILES string of the molecule is CON(C)C(=O)[C@@H]1C[C@@H]2C[C@H]2N1C(=O)OC(C)(C)C. The van der Waals surface area contributed by atoms with Gasteiger partial charge in [-0.05, 0) is 39.5 Å². The number of hydroxylamine groups is 2. The highest BCUT2D eigenvalue weighted by Crippen LogP contribution is 2.48. The average Bonchev–Trinajstić information content (AvgIpc) is 2.95. The third-order valence-corrected chi connectivity index (χ3v) is 3.58. The summed E-state index contributed by atoms with van der Waals surface area (Å²) in [5.41, 5.74) is -0.551. The van der Waals surface area contributed by atoms with Crippen LogP contribution in [0.15, 0.2) is 0 Å². The zero-order valence-electron chi connectivity index (χ0n) is 12.2. The number of carbonyl (C=O) groups excluding carboxylic acids is 2. The number of fused-ring (bicyclic) bond motifs is 1. The number of likely N-dealkylation sites (tertiary alicyclic amines) is 1. The van der Waals surface area contributed by atoms with E-state index in [1.54, 1.807) is 11.9 Å². The summed E-state index contributed by atoms with van der Waals surface area (Å²) >= 11 is 0. The van der Waals surface area contributed by atoms with Crippen molar-refractivity contribution in [3.8, 4) is 0 Å². The Morgan fingerprint density at radius 2 is 1.89 bits per heavy atom. The highest BCUT2D eigenvalue weighted by Gasteiger charge is 2.57. The van der Waals surface area contributed by atoms with Crippen LogP contribution in [0.4, 0.5) is 4.79 Å². The molecule has 19 heavy (non-hydrogen) atoms. The fraction of sp³-hybridized carbons (Fsp3) is 0.846. The van der Waals surface area contributed by atoms with Gasteiger partial charge >= 0.3 is 6.09 Å². The second-order valence-corrected chi connectivity index (χ2v) is 6.22. The second kappa shape index (κ2) is 4.67. The molecule has 2 amide bonds. The van der Waals surface area contributed by atoms with E-state index in [1.807, 2.05) is 20.8 Å². The molecule has 0 aromatic heterocycles. The molecule has 2 aliphatic rings. The van der Waals surface area contributed by atoms with Crippen molar-refractivity contribution in [2.75, 3.05) is 14.2 Å². The lowest BCUT2D eigenvalue weighted by Gasteiger charge is -2.31. The quantitative estimate of drug-likeness (QED) is 0.712. The molecule has 1 heterocycles. The Hall–Kier alpha value is -1.30. The summed E-state index contributed by atoms with van der Waals surface area (Å²) in [5, 5.41) is 1.17. The molecule has 2 rings (SSSR count). The van der Waals surface area contributed by atoms with Crippen molar-refractivity contribution in [2.24, 2.45) is 5.92 Å². The smallest absolute Gasteiger partial charge is 0.411 e. The lowest BCUT2D eigenvalue weighted by molar-refractivity contribution is -0.173. The third-order valence-electron chi connectivity index (χ3n) is 3.58. The molecule has 0 bridgehead atoms. The Bertz CT molecular complexity index is 391. The number of hydrogen-bond acceptors (Lipinski definition) is 4. The number of carbonyl (C=O) groups is 2. The van der Waals surface area contributed by atoms with E-state index in [4.69, 9.17) is 9.57 Å². The van der Waals surface area contributed by atoms with Gasteiger partial charge in [0.1, 0.15) is 11.6 Å². The largest absolute Gasteiger partial charge is 0.444 e. The van der Waals surface area contributed by atoms with Gasteiger partial charge in [0.25, 0.3) is 5.91 Å². The Labute approximate surface area is 113 Å². The summed E-state index contributed by atoms with van der Waals surface area (Å²) < 4.78 is 5.39. The number of piperidine rings is 1. The monoisotopic (exact) mass is 270 g/mol. The van der Waals surface area contributed by atoms with Crippen LogP contribution in [-0.4, -0.2) is 53.8 Å². The van der Waals surface area contributed by atoms with E-state index >= 15 is 0 Å². The topological polar surface area (TPSA) is 59.1 Å². The first-order chi connectivity index (χ1) is 8.74. The number of hydrogen-bond donors (Lipinski definition) is 0. The standard InChI is InChI=1S/C13H22N2O4/c1-13(2,3)19-12(17)15-9-6-8(9)7-10(15)11(16)14(4)18-5/h8-10H,6-7H2,1-5H3/t8-,9+,10-/m0/s1. The molecule has 0 aromatic carbocycles. The Morgan fingerprint density at radius 1 is 1.26 bits per heavy atom. The number of amides is 2. The number of ether oxygens (including phenoxy) is 1. The van der Waals surface area contributed by atoms with E-state index in [-0.39, 0.29) is 11.9 Å². The van der Waals surface area contributed by atoms with Crippen molar-refractivity contribution in [2.45, 2.75) is 51.3 Å². The predicted octanol–water partition coefficient (Wildman–Crippen LogP) is 1.40. The first kappa shape index (κ1) is 14.1. The molecule has 1 saturated heterocycles. The van der Waals surface area contributed by atoms with Gasteiger partial charge < -0.3 is 4.74 Å². The van der Waals surface area contributed by atoms with Gasteiger partial charge in [0, 0.05) is 13.1 Å². The molecule has 1 aliphatic carbocycles. The summed E-state index contributed by atoms with van der Waals surface area (Å²) in [6.07, 6.45) is 1.27. The molecule has 1 aliphatic heterocycles. The minimum absolute atomic E-state index is 0.161. The van der Waals surface area contributed by atoms with Crippen LogP contribution < -0.4 is 0 Å². The van der Waals surface area contributed by atoms with Gasteiger partial charge in [-0.15, -0.1) is 0 Å². The fourth-order valence-corrected chi connectivity index (χ4v) is 2.55. The fourth-order valence-electron chi connectivity index (χ4n) is 2.55. The molecule has 0 N–H and O–H groups in total. The zero-order valence-corrected chi connectivity index (χ0v) is 12.2. The molecule has 0 spiro atoms. The van der Waals surface area contributed by atoms with Gasteiger partial charge in [-0.25, -0.2) is 9.86 Å². The van der Waals surface area contributed by atoms with Crippen molar-refractivity contribution in [1.29, 1.82) is 0 Å². The molecule has 6 nitrogen and oxygen atoms in total. The van der Waals surface area contributed by atoms with Crippen LogP contribution in [0.1, 0.15) is 33.6 Å². The Balaban J connectivity index is 2.08. The Kier molecular flexibility index (Phi) is 3.47. The van der Waals surface area contributed by atoms with E-state index in [0.717, 1.165) is 6.42 Å². The average molecular weight is 270 g/mol. The van der Waals surface area contributed by atoms with Gasteiger partial charge in [-0.2, -0.15) is 0 Å². The number of likely N-dealkylation sites (N-methyl/N-ethyl adjacent to an activating group) is 1. The van der Waals surface area contributed by atoms with Crippen LogP contribution in [0.3, 0.4) is 0 Å². The molecule has 1 saturated carbocycles. The van der Waals surface area contributed by atoms with E-state index in [9.17, 15) is 9.59 Å². The van der Waals surface area contributed by atoms with Crippen LogP contribution >= 0.6 is 0 Å². The van der Waals surface area contributed by atoms with Crippen LogP contribution in [0, 0.1) is 5.92 Å². The molecular formula is C13H22N2O4. The van der Waals surface area contributed by atoms with Gasteiger partial charge in [0.2, 0.25) is 0 Å². The first-order valence-corrected chi connectivity index (χ1v) is 6.57. The maximum Gasteiger partial charge on any atom is 0.411 e. The van der Waals surface area contributed by atoms with Crippen LogP contribution in [0.5, 0.6) is 0 Å². The van der Waals surface area contributed by atoms with Gasteiger partial charge in [0.15, 0.2) is 0 Å². The minimum Gasteiger partial charge on any atom is -0.444 e.